The average molecular weight is 371 g/mol. The molecule has 2 N–H and O–H groups in total. The van der Waals surface area contributed by atoms with E-state index in [2.05, 4.69) is 43.2 Å². The smallest absolute Gasteiger partial charge is 0.271 e. The van der Waals surface area contributed by atoms with Crippen LogP contribution in [0, 0.1) is 3.57 Å². The molecule has 1 unspecified atom stereocenters. The number of aryl methyl sites for hydroxylation is 2. The Morgan fingerprint density at radius 3 is 3.16 bits per heavy atom. The minimum Gasteiger partial charge on any atom is -0.342 e. The zero-order valence-corrected chi connectivity index (χ0v) is 12.6. The molecule has 0 spiro atoms. The summed E-state index contributed by atoms with van der Waals surface area (Å²) in [7, 11) is 1.78. The lowest BCUT2D eigenvalue weighted by atomic mass is 9.93. The fourth-order valence-corrected chi connectivity index (χ4v) is 3.22. The molecule has 1 aliphatic carbocycles. The van der Waals surface area contributed by atoms with Gasteiger partial charge in [-0.15, -0.1) is 0 Å². The Hall–Kier alpha value is -1.38. The minimum absolute atomic E-state index is 0.0180. The second kappa shape index (κ2) is 4.95. The summed E-state index contributed by atoms with van der Waals surface area (Å²) in [6.45, 7) is 0. The summed E-state index contributed by atoms with van der Waals surface area (Å²) in [6, 6.07) is 0.0180. The van der Waals surface area contributed by atoms with Crippen molar-refractivity contribution in [3.8, 4) is 0 Å². The normalized spacial score (nSPS) is 18.1. The van der Waals surface area contributed by atoms with Crippen LogP contribution in [0.25, 0.3) is 0 Å². The van der Waals surface area contributed by atoms with Crippen LogP contribution in [0.2, 0.25) is 0 Å². The van der Waals surface area contributed by atoms with Crippen LogP contribution in [0.3, 0.4) is 0 Å². The molecule has 0 radical (unpaired) electrons. The molecule has 100 valence electrons. The van der Waals surface area contributed by atoms with Crippen molar-refractivity contribution in [2.45, 2.75) is 25.3 Å². The molecular formula is C12H14IN5O. The molecule has 1 amide bonds. The Kier molecular flexibility index (Phi) is 3.29. The van der Waals surface area contributed by atoms with E-state index in [1.54, 1.807) is 17.9 Å². The Morgan fingerprint density at radius 1 is 1.58 bits per heavy atom. The average Bonchev–Trinajstić information content (AvgIpc) is 2.97. The van der Waals surface area contributed by atoms with E-state index in [1.165, 1.54) is 5.56 Å². The molecule has 1 aliphatic rings. The number of rotatable bonds is 2. The van der Waals surface area contributed by atoms with Crippen LogP contribution >= 0.6 is 22.6 Å². The molecule has 19 heavy (non-hydrogen) atoms. The molecule has 0 bridgehead atoms. The van der Waals surface area contributed by atoms with Crippen molar-refractivity contribution < 1.29 is 4.79 Å². The zero-order valence-electron chi connectivity index (χ0n) is 10.5. The second-order valence-electron chi connectivity index (χ2n) is 4.69. The summed E-state index contributed by atoms with van der Waals surface area (Å²) in [5.41, 5.74) is 2.85. The van der Waals surface area contributed by atoms with Crippen molar-refractivity contribution in [3.05, 3.63) is 32.9 Å². The molecule has 2 aromatic heterocycles. The number of carbonyl (C=O) groups is 1. The van der Waals surface area contributed by atoms with E-state index in [-0.39, 0.29) is 11.9 Å². The first-order valence-electron chi connectivity index (χ1n) is 6.17. The number of H-pyrrole nitrogens is 1. The third kappa shape index (κ3) is 2.26. The summed E-state index contributed by atoms with van der Waals surface area (Å²) < 4.78 is 2.46. The molecule has 0 fully saturated rings. The summed E-state index contributed by atoms with van der Waals surface area (Å²) in [5.74, 6) is -0.0862. The van der Waals surface area contributed by atoms with Gasteiger partial charge in [0.25, 0.3) is 5.91 Å². The largest absolute Gasteiger partial charge is 0.342 e. The number of hydrogen-bond acceptors (Lipinski definition) is 3. The highest BCUT2D eigenvalue weighted by Gasteiger charge is 2.25. The first-order chi connectivity index (χ1) is 9.16. The van der Waals surface area contributed by atoms with Crippen LogP contribution < -0.4 is 5.32 Å². The lowest BCUT2D eigenvalue weighted by molar-refractivity contribution is 0.0921. The van der Waals surface area contributed by atoms with Crippen LogP contribution in [0.4, 0.5) is 0 Å². The van der Waals surface area contributed by atoms with Gasteiger partial charge in [0.1, 0.15) is 5.69 Å². The van der Waals surface area contributed by atoms with Gasteiger partial charge < -0.3 is 5.32 Å². The summed E-state index contributed by atoms with van der Waals surface area (Å²) >= 11 is 2.13. The van der Waals surface area contributed by atoms with Gasteiger partial charge in [-0.3, -0.25) is 14.6 Å². The van der Waals surface area contributed by atoms with Gasteiger partial charge >= 0.3 is 0 Å². The molecule has 0 aliphatic heterocycles. The van der Waals surface area contributed by atoms with E-state index in [9.17, 15) is 4.79 Å². The molecule has 0 saturated carbocycles. The van der Waals surface area contributed by atoms with Crippen LogP contribution in [-0.2, 0) is 13.5 Å². The van der Waals surface area contributed by atoms with E-state index >= 15 is 0 Å². The Bertz CT molecular complexity index is 598. The predicted molar refractivity (Wildman–Crippen MR) is 77.7 cm³/mol. The lowest BCUT2D eigenvalue weighted by Crippen LogP contribution is -2.32. The van der Waals surface area contributed by atoms with Crippen LogP contribution in [0.15, 0.2) is 12.4 Å². The van der Waals surface area contributed by atoms with Gasteiger partial charge in [-0.05, 0) is 47.4 Å². The van der Waals surface area contributed by atoms with Gasteiger partial charge in [-0.25, -0.2) is 0 Å². The SMILES string of the molecule is Cn1ncc(I)c1C(=O)NC1CCCc2cn[nH]c21. The summed E-state index contributed by atoms with van der Waals surface area (Å²) in [6.07, 6.45) is 6.58. The molecule has 2 aromatic rings. The van der Waals surface area contributed by atoms with Crippen LogP contribution in [0.5, 0.6) is 0 Å². The van der Waals surface area contributed by atoms with Crippen molar-refractivity contribution in [3.63, 3.8) is 0 Å². The number of halogens is 1. The van der Waals surface area contributed by atoms with E-state index in [4.69, 9.17) is 0 Å². The van der Waals surface area contributed by atoms with Crippen molar-refractivity contribution in [1.82, 2.24) is 25.3 Å². The minimum atomic E-state index is -0.0862. The van der Waals surface area contributed by atoms with Gasteiger partial charge in [0.15, 0.2) is 0 Å². The van der Waals surface area contributed by atoms with Crippen LogP contribution in [-0.4, -0.2) is 25.9 Å². The maximum Gasteiger partial charge on any atom is 0.271 e. The van der Waals surface area contributed by atoms with Gasteiger partial charge in [-0.2, -0.15) is 10.2 Å². The lowest BCUT2D eigenvalue weighted by Gasteiger charge is -2.22. The fourth-order valence-electron chi connectivity index (χ4n) is 2.50. The van der Waals surface area contributed by atoms with Gasteiger partial charge in [0, 0.05) is 7.05 Å². The van der Waals surface area contributed by atoms with E-state index < -0.39 is 0 Å². The first-order valence-corrected chi connectivity index (χ1v) is 7.25. The third-order valence-corrected chi connectivity index (χ3v) is 4.24. The topological polar surface area (TPSA) is 75.6 Å². The van der Waals surface area contributed by atoms with E-state index in [0.29, 0.717) is 5.69 Å². The second-order valence-corrected chi connectivity index (χ2v) is 5.85. The van der Waals surface area contributed by atoms with Crippen molar-refractivity contribution in [2.24, 2.45) is 7.05 Å². The zero-order chi connectivity index (χ0) is 13.4. The molecule has 0 aromatic carbocycles. The number of nitrogens with one attached hydrogen (secondary N) is 2. The van der Waals surface area contributed by atoms with Gasteiger partial charge in [0.2, 0.25) is 0 Å². The highest BCUT2D eigenvalue weighted by molar-refractivity contribution is 14.1. The highest BCUT2D eigenvalue weighted by atomic mass is 127. The third-order valence-electron chi connectivity index (χ3n) is 3.45. The highest BCUT2D eigenvalue weighted by Crippen LogP contribution is 2.28. The van der Waals surface area contributed by atoms with Crippen molar-refractivity contribution >= 4 is 28.5 Å². The monoisotopic (exact) mass is 371 g/mol. The van der Waals surface area contributed by atoms with Crippen molar-refractivity contribution in [2.75, 3.05) is 0 Å². The molecule has 7 heteroatoms. The van der Waals surface area contributed by atoms with E-state index in [1.807, 2.05) is 6.20 Å². The predicted octanol–water partition coefficient (Wildman–Crippen LogP) is 1.56. The maximum atomic E-state index is 12.3. The molecule has 0 saturated heterocycles. The number of aromatic amines is 1. The number of fused-ring (bicyclic) bond motifs is 1. The first kappa shape index (κ1) is 12.6. The summed E-state index contributed by atoms with van der Waals surface area (Å²) in [4.78, 5) is 12.3. The Labute approximate surface area is 124 Å². The van der Waals surface area contributed by atoms with E-state index in [0.717, 1.165) is 28.5 Å². The number of hydrogen-bond donors (Lipinski definition) is 2. The quantitative estimate of drug-likeness (QED) is 0.787. The molecule has 2 heterocycles. The van der Waals surface area contributed by atoms with Crippen LogP contribution in [0.1, 0.15) is 40.6 Å². The molecular weight excluding hydrogens is 357 g/mol. The van der Waals surface area contributed by atoms with Crippen molar-refractivity contribution in [1.29, 1.82) is 0 Å². The Balaban J connectivity index is 1.82. The molecule has 3 rings (SSSR count). The maximum absolute atomic E-state index is 12.3. The van der Waals surface area contributed by atoms with Gasteiger partial charge in [-0.1, -0.05) is 0 Å². The standard InChI is InChI=1S/C12H14IN5O/c1-18-11(8(13)6-15-18)12(19)16-9-4-2-3-7-5-14-17-10(7)9/h5-6,9H,2-4H2,1H3,(H,14,17)(H,16,19). The molecule has 6 nitrogen and oxygen atoms in total. The number of aromatic nitrogens is 4. The summed E-state index contributed by atoms with van der Waals surface area (Å²) in [5, 5.41) is 14.2. The number of nitrogens with zero attached hydrogens (tertiary/aromatic N) is 3. The Morgan fingerprint density at radius 2 is 2.42 bits per heavy atom. The number of amides is 1. The fraction of sp³-hybridized carbons (Fsp3) is 0.417. The molecule has 1 atom stereocenters. The number of carbonyl (C=O) groups excluding carboxylic acids is 1. The van der Waals surface area contributed by atoms with Gasteiger partial charge in [0.05, 0.1) is 27.7 Å².